The fourth-order valence-corrected chi connectivity index (χ4v) is 1.83. The number of nitrogens with zero attached hydrogens (tertiary/aromatic N) is 1. The molecule has 1 atom stereocenters. The topological polar surface area (TPSA) is 32.7 Å². The van der Waals surface area contributed by atoms with E-state index in [0.29, 0.717) is 0 Å². The van der Waals surface area contributed by atoms with Gasteiger partial charge in [0.2, 0.25) is 0 Å². The first-order valence-electron chi connectivity index (χ1n) is 5.35. The van der Waals surface area contributed by atoms with Crippen LogP contribution in [-0.2, 0) is 4.74 Å². The van der Waals surface area contributed by atoms with E-state index in [4.69, 9.17) is 9.84 Å². The first-order valence-corrected chi connectivity index (χ1v) is 5.35. The number of ether oxygens (including phenoxy) is 1. The number of alkyl halides is 1. The van der Waals surface area contributed by atoms with Gasteiger partial charge in [0.1, 0.15) is 0 Å². The summed E-state index contributed by atoms with van der Waals surface area (Å²) < 4.78 is 17.6. The third kappa shape index (κ3) is 4.35. The zero-order valence-electron chi connectivity index (χ0n) is 8.79. The summed E-state index contributed by atoms with van der Waals surface area (Å²) in [5.41, 5.74) is 0. The number of hydrogen-bond donors (Lipinski definition) is 1. The number of piperidine rings is 1. The summed E-state index contributed by atoms with van der Waals surface area (Å²) in [6.45, 7) is 4.53. The van der Waals surface area contributed by atoms with Gasteiger partial charge in [-0.3, -0.25) is 0 Å². The maximum absolute atomic E-state index is 12.5. The van der Waals surface area contributed by atoms with Gasteiger partial charge in [0, 0.05) is 26.2 Å². The Labute approximate surface area is 84.9 Å². The molecule has 0 aromatic rings. The molecule has 1 saturated heterocycles. The van der Waals surface area contributed by atoms with E-state index < -0.39 is 6.36 Å². The van der Waals surface area contributed by atoms with Gasteiger partial charge in [0.05, 0.1) is 6.10 Å². The third-order valence-corrected chi connectivity index (χ3v) is 2.55. The molecule has 1 rings (SSSR count). The van der Waals surface area contributed by atoms with Crippen LogP contribution in [0.4, 0.5) is 4.39 Å². The SMILES string of the molecule is CC(F)OC1CCN(CCCO)CC1. The lowest BCUT2D eigenvalue weighted by Gasteiger charge is -2.31. The fraction of sp³-hybridized carbons (Fsp3) is 1.00. The molecule has 0 spiro atoms. The van der Waals surface area contributed by atoms with Crippen LogP contribution in [0, 0.1) is 0 Å². The van der Waals surface area contributed by atoms with Crippen LogP contribution in [0.5, 0.6) is 0 Å². The molecule has 0 radical (unpaired) electrons. The molecule has 0 aliphatic carbocycles. The summed E-state index contributed by atoms with van der Waals surface area (Å²) in [6.07, 6.45) is 1.56. The summed E-state index contributed by atoms with van der Waals surface area (Å²) in [7, 11) is 0. The molecule has 84 valence electrons. The average molecular weight is 205 g/mol. The molecule has 4 heteroatoms. The van der Waals surface area contributed by atoms with Crippen LogP contribution in [-0.4, -0.2) is 48.7 Å². The molecule has 1 aliphatic rings. The van der Waals surface area contributed by atoms with Crippen LogP contribution in [0.2, 0.25) is 0 Å². The maximum atomic E-state index is 12.5. The number of aliphatic hydroxyl groups excluding tert-OH is 1. The van der Waals surface area contributed by atoms with Gasteiger partial charge in [-0.25, -0.2) is 4.39 Å². The molecular formula is C10H20FNO2. The Balaban J connectivity index is 2.11. The number of hydrogen-bond acceptors (Lipinski definition) is 3. The quantitative estimate of drug-likeness (QED) is 0.731. The van der Waals surface area contributed by atoms with Crippen molar-refractivity contribution in [2.24, 2.45) is 0 Å². The van der Waals surface area contributed by atoms with Gasteiger partial charge in [-0.1, -0.05) is 0 Å². The normalized spacial score (nSPS) is 22.5. The van der Waals surface area contributed by atoms with Crippen molar-refractivity contribution in [1.82, 2.24) is 4.90 Å². The second-order valence-electron chi connectivity index (χ2n) is 3.80. The third-order valence-electron chi connectivity index (χ3n) is 2.55. The molecule has 0 aromatic carbocycles. The number of rotatable bonds is 5. The smallest absolute Gasteiger partial charge is 0.196 e. The van der Waals surface area contributed by atoms with Gasteiger partial charge in [0.15, 0.2) is 6.36 Å². The van der Waals surface area contributed by atoms with E-state index in [1.807, 2.05) is 0 Å². The highest BCUT2D eigenvalue weighted by Crippen LogP contribution is 2.15. The average Bonchev–Trinajstić information content (AvgIpc) is 2.16. The van der Waals surface area contributed by atoms with E-state index in [1.54, 1.807) is 0 Å². The molecule has 1 aliphatic heterocycles. The van der Waals surface area contributed by atoms with Gasteiger partial charge in [-0.2, -0.15) is 0 Å². The zero-order chi connectivity index (χ0) is 10.4. The predicted octanol–water partition coefficient (Wildman–Crippen LogP) is 1.17. The van der Waals surface area contributed by atoms with E-state index >= 15 is 0 Å². The van der Waals surface area contributed by atoms with Crippen LogP contribution >= 0.6 is 0 Å². The molecule has 0 aromatic heterocycles. The highest BCUT2D eigenvalue weighted by molar-refractivity contribution is 4.72. The number of halogens is 1. The molecule has 1 unspecified atom stereocenters. The standard InChI is InChI=1S/C10H20FNO2/c1-9(11)14-10-3-6-12(7-4-10)5-2-8-13/h9-10,13H,2-8H2,1H3. The Bertz CT molecular complexity index is 147. The first kappa shape index (κ1) is 11.9. The Morgan fingerprint density at radius 3 is 2.64 bits per heavy atom. The van der Waals surface area contributed by atoms with Crippen molar-refractivity contribution in [2.75, 3.05) is 26.2 Å². The van der Waals surface area contributed by atoms with Crippen LogP contribution < -0.4 is 0 Å². The monoisotopic (exact) mass is 205 g/mol. The second-order valence-corrected chi connectivity index (χ2v) is 3.80. The van der Waals surface area contributed by atoms with Crippen molar-refractivity contribution in [3.05, 3.63) is 0 Å². The molecule has 0 amide bonds. The predicted molar refractivity (Wildman–Crippen MR) is 52.8 cm³/mol. The summed E-state index contributed by atoms with van der Waals surface area (Å²) in [5.74, 6) is 0. The molecule has 1 N–H and O–H groups in total. The van der Waals surface area contributed by atoms with Gasteiger partial charge < -0.3 is 14.7 Å². The highest BCUT2D eigenvalue weighted by atomic mass is 19.1. The van der Waals surface area contributed by atoms with Crippen LogP contribution in [0.25, 0.3) is 0 Å². The highest BCUT2D eigenvalue weighted by Gasteiger charge is 2.20. The Morgan fingerprint density at radius 1 is 1.50 bits per heavy atom. The summed E-state index contributed by atoms with van der Waals surface area (Å²) in [6, 6.07) is 0. The van der Waals surface area contributed by atoms with Gasteiger partial charge in [-0.05, 0) is 26.2 Å². The molecule has 3 nitrogen and oxygen atoms in total. The minimum Gasteiger partial charge on any atom is -0.396 e. The molecule has 1 heterocycles. The van der Waals surface area contributed by atoms with Crippen molar-refractivity contribution < 1.29 is 14.2 Å². The zero-order valence-corrected chi connectivity index (χ0v) is 8.79. The van der Waals surface area contributed by atoms with Crippen LogP contribution in [0.3, 0.4) is 0 Å². The van der Waals surface area contributed by atoms with E-state index in [2.05, 4.69) is 4.90 Å². The van der Waals surface area contributed by atoms with Crippen LogP contribution in [0.1, 0.15) is 26.2 Å². The van der Waals surface area contributed by atoms with E-state index in [0.717, 1.165) is 38.9 Å². The molecule has 14 heavy (non-hydrogen) atoms. The first-order chi connectivity index (χ1) is 6.72. The summed E-state index contributed by atoms with van der Waals surface area (Å²) in [5, 5.41) is 8.67. The van der Waals surface area contributed by atoms with Crippen molar-refractivity contribution in [3.8, 4) is 0 Å². The summed E-state index contributed by atoms with van der Waals surface area (Å²) in [4.78, 5) is 2.29. The minimum atomic E-state index is -1.15. The van der Waals surface area contributed by atoms with Crippen LogP contribution in [0.15, 0.2) is 0 Å². The second kappa shape index (κ2) is 6.32. The van der Waals surface area contributed by atoms with Gasteiger partial charge in [-0.15, -0.1) is 0 Å². The van der Waals surface area contributed by atoms with Crippen molar-refractivity contribution in [3.63, 3.8) is 0 Å². The lowest BCUT2D eigenvalue weighted by molar-refractivity contribution is -0.0929. The molecule has 0 bridgehead atoms. The molecule has 1 fully saturated rings. The molecule has 0 saturated carbocycles. The maximum Gasteiger partial charge on any atom is 0.196 e. The Kier molecular flexibility index (Phi) is 5.37. The van der Waals surface area contributed by atoms with Crippen molar-refractivity contribution in [2.45, 2.75) is 38.6 Å². The molecular weight excluding hydrogens is 185 g/mol. The largest absolute Gasteiger partial charge is 0.396 e. The van der Waals surface area contributed by atoms with Crippen molar-refractivity contribution in [1.29, 1.82) is 0 Å². The fourth-order valence-electron chi connectivity index (χ4n) is 1.83. The Hall–Kier alpha value is -0.190. The van der Waals surface area contributed by atoms with E-state index in [9.17, 15) is 4.39 Å². The summed E-state index contributed by atoms with van der Waals surface area (Å²) >= 11 is 0. The van der Waals surface area contributed by atoms with Crippen molar-refractivity contribution >= 4 is 0 Å². The lowest BCUT2D eigenvalue weighted by atomic mass is 10.1. The van der Waals surface area contributed by atoms with Gasteiger partial charge >= 0.3 is 0 Å². The van der Waals surface area contributed by atoms with Gasteiger partial charge in [0.25, 0.3) is 0 Å². The van der Waals surface area contributed by atoms with E-state index in [1.165, 1.54) is 6.92 Å². The Morgan fingerprint density at radius 2 is 2.14 bits per heavy atom. The number of likely N-dealkylation sites (tertiary alicyclic amines) is 1. The minimum absolute atomic E-state index is 0.0837. The lowest BCUT2D eigenvalue weighted by Crippen LogP contribution is -2.38. The number of aliphatic hydroxyl groups is 1. The van der Waals surface area contributed by atoms with E-state index in [-0.39, 0.29) is 12.7 Å².